The molecule has 1 aromatic heterocycles. The molecule has 5 heteroatoms. The number of carbonyl (C=O) groups is 1. The Hall–Kier alpha value is -1.62. The van der Waals surface area contributed by atoms with Crippen LogP contribution in [0, 0.1) is 5.92 Å². The van der Waals surface area contributed by atoms with Crippen molar-refractivity contribution in [3.63, 3.8) is 0 Å². The van der Waals surface area contributed by atoms with Crippen molar-refractivity contribution in [2.45, 2.75) is 32.2 Å². The predicted molar refractivity (Wildman–Crippen MR) is 76.0 cm³/mol. The summed E-state index contributed by atoms with van der Waals surface area (Å²) in [4.78, 5) is 17.8. The van der Waals surface area contributed by atoms with Crippen molar-refractivity contribution in [3.05, 3.63) is 23.9 Å². The lowest BCUT2D eigenvalue weighted by Crippen LogP contribution is -2.47. The van der Waals surface area contributed by atoms with Gasteiger partial charge in [0.25, 0.3) is 0 Å². The summed E-state index contributed by atoms with van der Waals surface area (Å²) in [5, 5.41) is 0. The first-order valence-electron chi connectivity index (χ1n) is 6.88. The minimum atomic E-state index is -0.420. The highest BCUT2D eigenvalue weighted by Crippen LogP contribution is 2.28. The van der Waals surface area contributed by atoms with Crippen LogP contribution in [0.3, 0.4) is 0 Å². The molecule has 1 aliphatic rings. The summed E-state index contributed by atoms with van der Waals surface area (Å²) in [5.74, 6) is 1.13. The number of amides is 1. The van der Waals surface area contributed by atoms with Crippen molar-refractivity contribution in [2.75, 3.05) is 18.0 Å². The fraction of sp³-hybridized carbons (Fsp3) is 0.571. The molecule has 0 aromatic carbocycles. The van der Waals surface area contributed by atoms with Gasteiger partial charge in [0.05, 0.1) is 0 Å². The Kier molecular flexibility index (Phi) is 4.37. The van der Waals surface area contributed by atoms with E-state index < -0.39 is 5.91 Å². The number of carbonyl (C=O) groups excluding carboxylic acids is 1. The van der Waals surface area contributed by atoms with Crippen molar-refractivity contribution in [1.29, 1.82) is 0 Å². The summed E-state index contributed by atoms with van der Waals surface area (Å²) < 4.78 is 0. The Morgan fingerprint density at radius 2 is 2.37 bits per heavy atom. The molecule has 0 bridgehead atoms. The number of pyridine rings is 1. The molecule has 104 valence electrons. The van der Waals surface area contributed by atoms with Gasteiger partial charge < -0.3 is 16.4 Å². The highest BCUT2D eigenvalue weighted by atomic mass is 16.1. The molecule has 1 amide bonds. The van der Waals surface area contributed by atoms with Gasteiger partial charge >= 0.3 is 0 Å². The van der Waals surface area contributed by atoms with Crippen LogP contribution in [0.25, 0.3) is 0 Å². The molecule has 2 rings (SSSR count). The van der Waals surface area contributed by atoms with Gasteiger partial charge in [-0.25, -0.2) is 4.98 Å². The van der Waals surface area contributed by atoms with Gasteiger partial charge in [0.1, 0.15) is 5.82 Å². The first kappa shape index (κ1) is 13.8. The van der Waals surface area contributed by atoms with Crippen LogP contribution in [-0.4, -0.2) is 30.0 Å². The molecule has 2 atom stereocenters. The molecule has 0 aliphatic carbocycles. The largest absolute Gasteiger partial charge is 0.366 e. The second-order valence-corrected chi connectivity index (χ2v) is 5.15. The van der Waals surface area contributed by atoms with Crippen LogP contribution in [0.4, 0.5) is 5.82 Å². The van der Waals surface area contributed by atoms with E-state index in [4.69, 9.17) is 11.5 Å². The first-order valence-corrected chi connectivity index (χ1v) is 6.88. The fourth-order valence-corrected chi connectivity index (χ4v) is 2.76. The maximum atomic E-state index is 11.2. The number of primary amides is 1. The van der Waals surface area contributed by atoms with Crippen molar-refractivity contribution in [1.82, 2.24) is 4.98 Å². The number of nitrogens with two attached hydrogens (primary N) is 2. The molecular formula is C14H22N4O. The van der Waals surface area contributed by atoms with E-state index in [9.17, 15) is 4.79 Å². The number of piperidine rings is 1. The van der Waals surface area contributed by atoms with Gasteiger partial charge in [-0.3, -0.25) is 4.79 Å². The highest BCUT2D eigenvalue weighted by Gasteiger charge is 2.27. The smallest absolute Gasteiger partial charge is 0.248 e. The minimum absolute atomic E-state index is 0.300. The summed E-state index contributed by atoms with van der Waals surface area (Å²) in [6, 6.07) is 3.70. The number of rotatable bonds is 4. The molecular weight excluding hydrogens is 240 g/mol. The van der Waals surface area contributed by atoms with Crippen LogP contribution < -0.4 is 16.4 Å². The average Bonchev–Trinajstić information content (AvgIpc) is 2.46. The molecule has 4 N–H and O–H groups in total. The van der Waals surface area contributed by atoms with E-state index >= 15 is 0 Å². The molecule has 5 nitrogen and oxygen atoms in total. The Bertz CT molecular complexity index is 449. The molecule has 1 saturated heterocycles. The Labute approximate surface area is 114 Å². The van der Waals surface area contributed by atoms with E-state index in [0.717, 1.165) is 31.1 Å². The molecule has 0 saturated carbocycles. The normalized spacial score (nSPS) is 23.4. The van der Waals surface area contributed by atoms with E-state index in [1.165, 1.54) is 6.42 Å². The molecule has 0 radical (unpaired) electrons. The van der Waals surface area contributed by atoms with Crippen LogP contribution in [-0.2, 0) is 0 Å². The SMILES string of the molecule is CCC1CCN(c2cc(C(N)=O)ccn2)C(CN)C1. The number of hydrogen-bond donors (Lipinski definition) is 2. The van der Waals surface area contributed by atoms with Gasteiger partial charge in [0, 0.05) is 30.9 Å². The average molecular weight is 262 g/mol. The monoisotopic (exact) mass is 262 g/mol. The summed E-state index contributed by atoms with van der Waals surface area (Å²) in [7, 11) is 0. The quantitative estimate of drug-likeness (QED) is 0.852. The molecule has 0 spiro atoms. The molecule has 1 aromatic rings. The van der Waals surface area contributed by atoms with Gasteiger partial charge in [-0.1, -0.05) is 13.3 Å². The van der Waals surface area contributed by atoms with Crippen molar-refractivity contribution >= 4 is 11.7 Å². The zero-order valence-corrected chi connectivity index (χ0v) is 11.4. The Morgan fingerprint density at radius 3 is 3.00 bits per heavy atom. The van der Waals surface area contributed by atoms with Crippen LogP contribution in [0.1, 0.15) is 36.5 Å². The highest BCUT2D eigenvalue weighted by molar-refractivity contribution is 5.93. The van der Waals surface area contributed by atoms with Crippen LogP contribution in [0.15, 0.2) is 18.3 Å². The number of hydrogen-bond acceptors (Lipinski definition) is 4. The third kappa shape index (κ3) is 3.04. The van der Waals surface area contributed by atoms with Gasteiger partial charge in [0.15, 0.2) is 0 Å². The van der Waals surface area contributed by atoms with Gasteiger partial charge in [-0.05, 0) is 30.9 Å². The van der Waals surface area contributed by atoms with Gasteiger partial charge in [0.2, 0.25) is 5.91 Å². The zero-order valence-electron chi connectivity index (χ0n) is 11.4. The molecule has 2 heterocycles. The minimum Gasteiger partial charge on any atom is -0.366 e. The van der Waals surface area contributed by atoms with E-state index in [0.29, 0.717) is 18.2 Å². The summed E-state index contributed by atoms with van der Waals surface area (Å²) in [6.07, 6.45) is 5.07. The molecule has 1 fully saturated rings. The lowest BCUT2D eigenvalue weighted by atomic mass is 9.89. The van der Waals surface area contributed by atoms with E-state index in [2.05, 4.69) is 16.8 Å². The predicted octanol–water partition coefficient (Wildman–Crippen LogP) is 1.13. The second-order valence-electron chi connectivity index (χ2n) is 5.15. The number of aromatic nitrogens is 1. The lowest BCUT2D eigenvalue weighted by molar-refractivity contribution is 0.1000. The summed E-state index contributed by atoms with van der Waals surface area (Å²) in [6.45, 7) is 3.77. The van der Waals surface area contributed by atoms with Crippen molar-refractivity contribution in [3.8, 4) is 0 Å². The Morgan fingerprint density at radius 1 is 1.58 bits per heavy atom. The zero-order chi connectivity index (χ0) is 13.8. The number of nitrogens with zero attached hydrogens (tertiary/aromatic N) is 2. The first-order chi connectivity index (χ1) is 9.15. The molecule has 1 aliphatic heterocycles. The van der Waals surface area contributed by atoms with Crippen LogP contribution >= 0.6 is 0 Å². The number of anilines is 1. The Balaban J connectivity index is 2.20. The third-order valence-corrected chi connectivity index (χ3v) is 4.00. The summed E-state index contributed by atoms with van der Waals surface area (Å²) in [5.41, 5.74) is 11.7. The third-order valence-electron chi connectivity index (χ3n) is 4.00. The standard InChI is InChI=1S/C14H22N4O/c1-2-10-4-6-18(12(7-10)9-15)13-8-11(14(16)19)3-5-17-13/h3,5,8,10,12H,2,4,6-7,9,15H2,1H3,(H2,16,19). The second kappa shape index (κ2) is 6.02. The van der Waals surface area contributed by atoms with Crippen LogP contribution in [0.2, 0.25) is 0 Å². The van der Waals surface area contributed by atoms with Gasteiger partial charge in [-0.15, -0.1) is 0 Å². The maximum Gasteiger partial charge on any atom is 0.248 e. The topological polar surface area (TPSA) is 85.2 Å². The molecule has 2 unspecified atom stereocenters. The summed E-state index contributed by atoms with van der Waals surface area (Å²) >= 11 is 0. The lowest BCUT2D eigenvalue weighted by Gasteiger charge is -2.39. The maximum absolute atomic E-state index is 11.2. The van der Waals surface area contributed by atoms with Crippen LogP contribution in [0.5, 0.6) is 0 Å². The van der Waals surface area contributed by atoms with Crippen molar-refractivity contribution in [2.24, 2.45) is 17.4 Å². The fourth-order valence-electron chi connectivity index (χ4n) is 2.76. The van der Waals surface area contributed by atoms with E-state index in [1.807, 2.05) is 0 Å². The van der Waals surface area contributed by atoms with Crippen molar-refractivity contribution < 1.29 is 4.79 Å². The molecule has 19 heavy (non-hydrogen) atoms. The van der Waals surface area contributed by atoms with E-state index in [-0.39, 0.29) is 0 Å². The van der Waals surface area contributed by atoms with Gasteiger partial charge in [-0.2, -0.15) is 0 Å². The van der Waals surface area contributed by atoms with E-state index in [1.54, 1.807) is 18.3 Å².